The molecule has 1 saturated heterocycles. The molecule has 1 N–H and O–H groups in total. The maximum atomic E-state index is 3.82. The van der Waals surface area contributed by atoms with Crippen molar-refractivity contribution in [3.63, 3.8) is 0 Å². The van der Waals surface area contributed by atoms with E-state index in [9.17, 15) is 0 Å². The third-order valence-corrected chi connectivity index (χ3v) is 4.41. The molecule has 2 aliphatic carbocycles. The largest absolute Gasteiger partial charge is 0.312 e. The van der Waals surface area contributed by atoms with E-state index < -0.39 is 0 Å². The van der Waals surface area contributed by atoms with E-state index in [-0.39, 0.29) is 0 Å². The number of hydrogen-bond donors (Lipinski definition) is 1. The van der Waals surface area contributed by atoms with Crippen molar-refractivity contribution in [3.05, 3.63) is 0 Å². The Labute approximate surface area is 87.0 Å². The van der Waals surface area contributed by atoms with Crippen LogP contribution in [0.5, 0.6) is 0 Å². The summed E-state index contributed by atoms with van der Waals surface area (Å²) in [5.74, 6) is 1.03. The molecule has 80 valence electrons. The Morgan fingerprint density at radius 2 is 2.14 bits per heavy atom. The second kappa shape index (κ2) is 3.21. The highest BCUT2D eigenvalue weighted by Crippen LogP contribution is 2.52. The van der Waals surface area contributed by atoms with Gasteiger partial charge in [0.1, 0.15) is 0 Å². The van der Waals surface area contributed by atoms with Gasteiger partial charge in [0.2, 0.25) is 0 Å². The fraction of sp³-hybridized carbons (Fsp3) is 1.00. The fourth-order valence-corrected chi connectivity index (χ4v) is 2.89. The van der Waals surface area contributed by atoms with Gasteiger partial charge in [-0.05, 0) is 50.1 Å². The van der Waals surface area contributed by atoms with Crippen molar-refractivity contribution in [1.82, 2.24) is 10.2 Å². The highest BCUT2D eigenvalue weighted by molar-refractivity contribution is 5.09. The van der Waals surface area contributed by atoms with Crippen LogP contribution in [0.2, 0.25) is 0 Å². The van der Waals surface area contributed by atoms with Crippen molar-refractivity contribution in [1.29, 1.82) is 0 Å². The van der Waals surface area contributed by atoms with Crippen LogP contribution in [0.4, 0.5) is 0 Å². The zero-order valence-electron chi connectivity index (χ0n) is 9.26. The summed E-state index contributed by atoms with van der Waals surface area (Å²) < 4.78 is 0. The predicted molar refractivity (Wildman–Crippen MR) is 58.3 cm³/mol. The van der Waals surface area contributed by atoms with Crippen LogP contribution in [0.1, 0.15) is 32.6 Å². The maximum Gasteiger partial charge on any atom is 0.0263 e. The molecule has 3 rings (SSSR count). The van der Waals surface area contributed by atoms with Gasteiger partial charge in [0, 0.05) is 19.1 Å². The van der Waals surface area contributed by atoms with Crippen molar-refractivity contribution < 1.29 is 0 Å². The van der Waals surface area contributed by atoms with E-state index in [0.717, 1.165) is 12.0 Å². The molecule has 1 heterocycles. The molecule has 3 aliphatic rings. The van der Waals surface area contributed by atoms with Gasteiger partial charge in [-0.3, -0.25) is 0 Å². The summed E-state index contributed by atoms with van der Waals surface area (Å²) in [6.45, 7) is 7.50. The van der Waals surface area contributed by atoms with Gasteiger partial charge in [0.15, 0.2) is 0 Å². The summed E-state index contributed by atoms with van der Waals surface area (Å²) in [7, 11) is 0. The van der Waals surface area contributed by atoms with E-state index >= 15 is 0 Å². The van der Waals surface area contributed by atoms with Crippen molar-refractivity contribution in [3.8, 4) is 0 Å². The van der Waals surface area contributed by atoms with Crippen LogP contribution in [0.15, 0.2) is 0 Å². The number of nitrogens with zero attached hydrogens (tertiary/aromatic N) is 1. The summed E-state index contributed by atoms with van der Waals surface area (Å²) in [6.07, 6.45) is 5.91. The Morgan fingerprint density at radius 3 is 2.71 bits per heavy atom. The molecule has 1 spiro atoms. The Morgan fingerprint density at radius 1 is 1.36 bits per heavy atom. The first-order chi connectivity index (χ1) is 6.82. The molecule has 0 aromatic carbocycles. The lowest BCUT2D eigenvalue weighted by molar-refractivity contribution is 0.337. The van der Waals surface area contributed by atoms with Gasteiger partial charge in [-0.1, -0.05) is 6.92 Å². The number of hydrogen-bond acceptors (Lipinski definition) is 2. The van der Waals surface area contributed by atoms with Gasteiger partial charge in [-0.25, -0.2) is 0 Å². The van der Waals surface area contributed by atoms with E-state index in [2.05, 4.69) is 17.1 Å². The minimum absolute atomic E-state index is 0.713. The van der Waals surface area contributed by atoms with Crippen LogP contribution in [-0.4, -0.2) is 37.1 Å². The molecule has 14 heavy (non-hydrogen) atoms. The van der Waals surface area contributed by atoms with Crippen molar-refractivity contribution in [2.24, 2.45) is 11.3 Å². The second-order valence-corrected chi connectivity index (χ2v) is 5.59. The minimum Gasteiger partial charge on any atom is -0.312 e. The first-order valence-corrected chi connectivity index (χ1v) is 6.28. The first kappa shape index (κ1) is 9.17. The van der Waals surface area contributed by atoms with Gasteiger partial charge >= 0.3 is 0 Å². The summed E-state index contributed by atoms with van der Waals surface area (Å²) >= 11 is 0. The lowest BCUT2D eigenvalue weighted by atomic mass is 10.0. The van der Waals surface area contributed by atoms with Crippen LogP contribution in [0.25, 0.3) is 0 Å². The first-order valence-electron chi connectivity index (χ1n) is 6.28. The fourth-order valence-electron chi connectivity index (χ4n) is 2.89. The third kappa shape index (κ3) is 1.59. The third-order valence-electron chi connectivity index (χ3n) is 4.41. The summed E-state index contributed by atoms with van der Waals surface area (Å²) in [5.41, 5.74) is 0.713. The number of rotatable bonds is 4. The lowest BCUT2D eigenvalue weighted by Crippen LogP contribution is -2.38. The van der Waals surface area contributed by atoms with Crippen molar-refractivity contribution in [2.45, 2.75) is 38.6 Å². The summed E-state index contributed by atoms with van der Waals surface area (Å²) in [5, 5.41) is 3.82. The Bertz CT molecular complexity index is 218. The molecule has 1 aliphatic heterocycles. The van der Waals surface area contributed by atoms with Crippen molar-refractivity contribution >= 4 is 0 Å². The normalized spacial score (nSPS) is 35.4. The zero-order valence-corrected chi connectivity index (χ0v) is 9.26. The van der Waals surface area contributed by atoms with Gasteiger partial charge in [0.25, 0.3) is 0 Å². The van der Waals surface area contributed by atoms with E-state index in [0.29, 0.717) is 5.41 Å². The average Bonchev–Trinajstić information content (AvgIpc) is 3.04. The molecule has 1 atom stereocenters. The highest BCUT2D eigenvalue weighted by atomic mass is 15.2. The molecule has 2 saturated carbocycles. The molecule has 2 nitrogen and oxygen atoms in total. The standard InChI is InChI=1S/C12H22N2/c1-2-14-8-11(12(9-14)5-6-12)13-7-10-3-4-10/h10-11,13H,2-9H2,1H3/t11-/m0/s1. The van der Waals surface area contributed by atoms with Crippen LogP contribution in [-0.2, 0) is 0 Å². The van der Waals surface area contributed by atoms with Crippen LogP contribution >= 0.6 is 0 Å². The van der Waals surface area contributed by atoms with E-state index in [4.69, 9.17) is 0 Å². The molecular formula is C12H22N2. The van der Waals surface area contributed by atoms with E-state index in [1.54, 1.807) is 0 Å². The van der Waals surface area contributed by atoms with Crippen LogP contribution < -0.4 is 5.32 Å². The maximum absolute atomic E-state index is 3.82. The Balaban J connectivity index is 1.55. The second-order valence-electron chi connectivity index (χ2n) is 5.59. The van der Waals surface area contributed by atoms with Gasteiger partial charge in [-0.15, -0.1) is 0 Å². The summed E-state index contributed by atoms with van der Waals surface area (Å²) in [4.78, 5) is 2.62. The molecular weight excluding hydrogens is 172 g/mol. The highest BCUT2D eigenvalue weighted by Gasteiger charge is 2.54. The van der Waals surface area contributed by atoms with Crippen LogP contribution in [0, 0.1) is 11.3 Å². The molecule has 0 aromatic heterocycles. The molecule has 3 fully saturated rings. The minimum atomic E-state index is 0.713. The molecule has 0 radical (unpaired) electrons. The van der Waals surface area contributed by atoms with Gasteiger partial charge < -0.3 is 10.2 Å². The zero-order chi connectivity index (χ0) is 9.60. The monoisotopic (exact) mass is 194 g/mol. The van der Waals surface area contributed by atoms with Crippen LogP contribution in [0.3, 0.4) is 0 Å². The predicted octanol–water partition coefficient (Wildman–Crippen LogP) is 1.47. The molecule has 2 heteroatoms. The Kier molecular flexibility index (Phi) is 2.10. The van der Waals surface area contributed by atoms with E-state index in [1.165, 1.54) is 51.9 Å². The molecule has 0 bridgehead atoms. The lowest BCUT2D eigenvalue weighted by Gasteiger charge is -2.18. The molecule has 0 aromatic rings. The SMILES string of the molecule is CCN1C[C@H](NCC2CC2)C2(CC2)C1. The number of likely N-dealkylation sites (N-methyl/N-ethyl adjacent to an activating group) is 1. The molecule has 0 amide bonds. The average molecular weight is 194 g/mol. The van der Waals surface area contributed by atoms with Gasteiger partial charge in [0.05, 0.1) is 0 Å². The number of nitrogens with one attached hydrogen (secondary N) is 1. The van der Waals surface area contributed by atoms with Gasteiger partial charge in [-0.2, -0.15) is 0 Å². The summed E-state index contributed by atoms with van der Waals surface area (Å²) in [6, 6.07) is 0.822. The number of likely N-dealkylation sites (tertiary alicyclic amines) is 1. The van der Waals surface area contributed by atoms with E-state index in [1.807, 2.05) is 0 Å². The smallest absolute Gasteiger partial charge is 0.0263 e. The van der Waals surface area contributed by atoms with Crippen molar-refractivity contribution in [2.75, 3.05) is 26.2 Å². The topological polar surface area (TPSA) is 15.3 Å². The molecule has 0 unspecified atom stereocenters. The Hall–Kier alpha value is -0.0800. The quantitative estimate of drug-likeness (QED) is 0.729.